The number of nitrogens with one attached hydrogen (secondary N) is 2. The molecule has 4 nitrogen and oxygen atoms in total. The first-order valence-electron chi connectivity index (χ1n) is 9.07. The van der Waals surface area contributed by atoms with Crippen LogP contribution in [0.4, 0.5) is 10.1 Å². The minimum absolute atomic E-state index is 0.169. The van der Waals surface area contributed by atoms with Gasteiger partial charge in [0.25, 0.3) is 5.91 Å². The van der Waals surface area contributed by atoms with Gasteiger partial charge in [-0.15, -0.1) is 0 Å². The molecule has 1 saturated heterocycles. The van der Waals surface area contributed by atoms with Crippen LogP contribution in [0.25, 0.3) is 11.8 Å². The van der Waals surface area contributed by atoms with E-state index in [1.54, 1.807) is 18.2 Å². The Bertz CT molecular complexity index is 1110. The van der Waals surface area contributed by atoms with Crippen LogP contribution in [0.15, 0.2) is 64.0 Å². The summed E-state index contributed by atoms with van der Waals surface area (Å²) in [7, 11) is 0. The second kappa shape index (κ2) is 8.08. The van der Waals surface area contributed by atoms with Crippen molar-refractivity contribution in [3.8, 4) is 5.69 Å². The quantitative estimate of drug-likeness (QED) is 0.487. The van der Waals surface area contributed by atoms with Crippen molar-refractivity contribution < 1.29 is 9.18 Å². The van der Waals surface area contributed by atoms with Crippen molar-refractivity contribution in [3.63, 3.8) is 0 Å². The van der Waals surface area contributed by atoms with E-state index in [1.807, 2.05) is 44.2 Å². The Balaban J connectivity index is 1.58. The maximum atomic E-state index is 13.9. The molecule has 0 aliphatic carbocycles. The Morgan fingerprint density at radius 1 is 1.17 bits per heavy atom. The molecule has 2 heterocycles. The third-order valence-electron chi connectivity index (χ3n) is 4.73. The fourth-order valence-corrected chi connectivity index (χ4v) is 4.58. The van der Waals surface area contributed by atoms with Gasteiger partial charge in [-0.25, -0.2) is 4.39 Å². The highest BCUT2D eigenvalue weighted by Crippen LogP contribution is 2.32. The van der Waals surface area contributed by atoms with Crippen LogP contribution in [0.5, 0.6) is 0 Å². The lowest BCUT2D eigenvalue weighted by molar-refractivity contribution is -0.116. The molecular formula is C22H19BrFN3OS. The molecule has 2 aromatic carbocycles. The Morgan fingerprint density at radius 2 is 1.90 bits per heavy atom. The largest absolute Gasteiger partial charge is 0.354 e. The zero-order valence-electron chi connectivity index (χ0n) is 15.9. The summed E-state index contributed by atoms with van der Waals surface area (Å²) < 4.78 is 17.1. The van der Waals surface area contributed by atoms with E-state index in [0.29, 0.717) is 10.6 Å². The average Bonchev–Trinajstić information content (AvgIpc) is 3.17. The van der Waals surface area contributed by atoms with Crippen LogP contribution < -0.4 is 10.6 Å². The normalized spacial score (nSPS) is 17.6. The number of thioether (sulfide) groups is 1. The van der Waals surface area contributed by atoms with Gasteiger partial charge in [-0.05, 0) is 68.0 Å². The third-order valence-corrected chi connectivity index (χ3v) is 6.29. The number of nitrogens with zero attached hydrogens (tertiary/aromatic N) is 1. The molecule has 148 valence electrons. The van der Waals surface area contributed by atoms with E-state index >= 15 is 0 Å². The molecule has 2 N–H and O–H groups in total. The molecule has 0 saturated carbocycles. The number of halogens is 2. The number of carbonyl (C=O) groups is 1. The van der Waals surface area contributed by atoms with E-state index in [4.69, 9.17) is 0 Å². The van der Waals surface area contributed by atoms with E-state index in [2.05, 4.69) is 37.2 Å². The van der Waals surface area contributed by atoms with E-state index in [9.17, 15) is 9.18 Å². The molecule has 0 bridgehead atoms. The van der Waals surface area contributed by atoms with E-state index in [1.165, 1.54) is 17.8 Å². The minimum Gasteiger partial charge on any atom is -0.354 e. The number of aryl methyl sites for hydroxylation is 1. The van der Waals surface area contributed by atoms with Gasteiger partial charge in [0.05, 0.1) is 10.6 Å². The van der Waals surface area contributed by atoms with Gasteiger partial charge in [0.15, 0.2) is 5.50 Å². The van der Waals surface area contributed by atoms with Crippen molar-refractivity contribution in [3.05, 3.63) is 86.7 Å². The zero-order chi connectivity index (χ0) is 20.5. The molecule has 7 heteroatoms. The van der Waals surface area contributed by atoms with Gasteiger partial charge in [0.2, 0.25) is 0 Å². The number of anilines is 1. The number of hydrogen-bond acceptors (Lipinski definition) is 3. The number of aromatic nitrogens is 1. The molecule has 1 aromatic heterocycles. The van der Waals surface area contributed by atoms with Crippen LogP contribution in [0.2, 0.25) is 0 Å². The third kappa shape index (κ3) is 4.11. The summed E-state index contributed by atoms with van der Waals surface area (Å²) in [6.07, 6.45) is 1.89. The average molecular weight is 472 g/mol. The second-order valence-electron chi connectivity index (χ2n) is 6.74. The Morgan fingerprint density at radius 3 is 2.62 bits per heavy atom. The van der Waals surface area contributed by atoms with Crippen molar-refractivity contribution in [1.82, 2.24) is 9.88 Å². The second-order valence-corrected chi connectivity index (χ2v) is 8.81. The maximum Gasteiger partial charge on any atom is 0.260 e. The van der Waals surface area contributed by atoms with Gasteiger partial charge < -0.3 is 15.2 Å². The van der Waals surface area contributed by atoms with Crippen molar-refractivity contribution in [2.75, 3.05) is 5.32 Å². The Labute approximate surface area is 181 Å². The van der Waals surface area contributed by atoms with Gasteiger partial charge in [-0.2, -0.15) is 0 Å². The number of benzene rings is 2. The summed E-state index contributed by atoms with van der Waals surface area (Å²) in [5, 5.41) is 5.87. The molecule has 0 radical (unpaired) electrons. The molecule has 1 aliphatic heterocycles. The highest BCUT2D eigenvalue weighted by Gasteiger charge is 2.28. The van der Waals surface area contributed by atoms with Gasteiger partial charge in [-0.1, -0.05) is 39.8 Å². The van der Waals surface area contributed by atoms with E-state index in [-0.39, 0.29) is 11.7 Å². The predicted octanol–water partition coefficient (Wildman–Crippen LogP) is 5.60. The van der Waals surface area contributed by atoms with Crippen LogP contribution in [0.1, 0.15) is 17.0 Å². The van der Waals surface area contributed by atoms with E-state index in [0.717, 1.165) is 27.1 Å². The molecule has 1 fully saturated rings. The summed E-state index contributed by atoms with van der Waals surface area (Å²) >= 11 is 4.81. The maximum absolute atomic E-state index is 13.9. The summed E-state index contributed by atoms with van der Waals surface area (Å²) in [6, 6.07) is 16.6. The number of hydrogen-bond donors (Lipinski definition) is 2. The summed E-state index contributed by atoms with van der Waals surface area (Å²) in [6.45, 7) is 4.08. The van der Waals surface area contributed by atoms with Crippen molar-refractivity contribution in [1.29, 1.82) is 0 Å². The van der Waals surface area contributed by atoms with Gasteiger partial charge in [-0.3, -0.25) is 4.79 Å². The van der Waals surface area contributed by atoms with Crippen molar-refractivity contribution >= 4 is 45.4 Å². The van der Waals surface area contributed by atoms with Gasteiger partial charge in [0, 0.05) is 21.5 Å². The van der Waals surface area contributed by atoms with Gasteiger partial charge in [0.1, 0.15) is 5.82 Å². The van der Waals surface area contributed by atoms with Crippen LogP contribution in [0, 0.1) is 19.7 Å². The van der Waals surface area contributed by atoms with Crippen LogP contribution in [-0.4, -0.2) is 16.0 Å². The zero-order valence-corrected chi connectivity index (χ0v) is 18.3. The minimum atomic E-state index is -0.416. The standard InChI is InChI=1S/C22H19BrFN3OS/c1-13-11-15(14(2)27(13)17-9-7-16(23)8-10-17)12-20-21(28)26-22(29-20)25-19-6-4-3-5-18(19)24/h3-12,22,25H,1-2H3,(H,26,28)/b20-12-. The van der Waals surface area contributed by atoms with Gasteiger partial charge >= 0.3 is 0 Å². The topological polar surface area (TPSA) is 46.1 Å². The van der Waals surface area contributed by atoms with Crippen LogP contribution in [0.3, 0.4) is 0 Å². The van der Waals surface area contributed by atoms with Crippen molar-refractivity contribution in [2.24, 2.45) is 0 Å². The molecule has 3 aromatic rings. The molecule has 1 amide bonds. The summed E-state index contributed by atoms with van der Waals surface area (Å²) in [4.78, 5) is 13.0. The Hall–Kier alpha value is -2.51. The number of rotatable bonds is 4. The number of carbonyl (C=O) groups excluding carboxylic acids is 1. The molecule has 1 aliphatic rings. The fraction of sp³-hybridized carbons (Fsp3) is 0.136. The first-order chi connectivity index (χ1) is 13.9. The van der Waals surface area contributed by atoms with Crippen LogP contribution >= 0.6 is 27.7 Å². The summed E-state index contributed by atoms with van der Waals surface area (Å²) in [5.74, 6) is -0.518. The SMILES string of the molecule is Cc1cc(/C=C2\SC(Nc3ccccc3F)NC2=O)c(C)n1-c1ccc(Br)cc1. The molecular weight excluding hydrogens is 453 g/mol. The number of amides is 1. The molecule has 0 spiro atoms. The fourth-order valence-electron chi connectivity index (χ4n) is 3.35. The van der Waals surface area contributed by atoms with E-state index < -0.39 is 5.50 Å². The molecule has 1 atom stereocenters. The number of para-hydroxylation sites is 1. The lowest BCUT2D eigenvalue weighted by atomic mass is 10.2. The summed E-state index contributed by atoms with van der Waals surface area (Å²) in [5.41, 5.74) is 4.13. The highest BCUT2D eigenvalue weighted by atomic mass is 79.9. The van der Waals surface area contributed by atoms with Crippen LogP contribution in [-0.2, 0) is 4.79 Å². The first-order valence-corrected chi connectivity index (χ1v) is 10.7. The monoisotopic (exact) mass is 471 g/mol. The molecule has 29 heavy (non-hydrogen) atoms. The highest BCUT2D eigenvalue weighted by molar-refractivity contribution is 9.10. The smallest absolute Gasteiger partial charge is 0.260 e. The predicted molar refractivity (Wildman–Crippen MR) is 120 cm³/mol. The van der Waals surface area contributed by atoms with Crippen molar-refractivity contribution in [2.45, 2.75) is 19.3 Å². The lowest BCUT2D eigenvalue weighted by Crippen LogP contribution is -2.31. The molecule has 1 unspecified atom stereocenters. The Kier molecular flexibility index (Phi) is 5.52. The first kappa shape index (κ1) is 19.8. The molecule has 4 rings (SSSR count). The lowest BCUT2D eigenvalue weighted by Gasteiger charge is -2.13.